The summed E-state index contributed by atoms with van der Waals surface area (Å²) in [4.78, 5) is 6.00. The van der Waals surface area contributed by atoms with Crippen LogP contribution in [0.2, 0.25) is 0 Å². The summed E-state index contributed by atoms with van der Waals surface area (Å²) in [7, 11) is 0. The smallest absolute Gasteiger partial charge is 0.230 e. The minimum Gasteiger partial charge on any atom is -0.424 e. The molecule has 0 unspecified atom stereocenters. The van der Waals surface area contributed by atoms with E-state index in [1.165, 1.54) is 47.8 Å². The predicted molar refractivity (Wildman–Crippen MR) is 96.6 cm³/mol. The maximum absolute atomic E-state index is 5.82. The van der Waals surface area contributed by atoms with E-state index < -0.39 is 0 Å². The average Bonchev–Trinajstić information content (AvgIpc) is 3.28. The van der Waals surface area contributed by atoms with E-state index in [1.807, 2.05) is 0 Å². The van der Waals surface area contributed by atoms with E-state index in [9.17, 15) is 0 Å². The van der Waals surface area contributed by atoms with Gasteiger partial charge in [0.15, 0.2) is 0 Å². The normalized spacial score (nSPS) is 19.7. The highest BCUT2D eigenvalue weighted by atomic mass is 16.4. The van der Waals surface area contributed by atoms with Crippen LogP contribution in [0.5, 0.6) is 0 Å². The van der Waals surface area contributed by atoms with Crippen molar-refractivity contribution in [2.24, 2.45) is 0 Å². The van der Waals surface area contributed by atoms with Crippen molar-refractivity contribution in [3.05, 3.63) is 47.3 Å². The van der Waals surface area contributed by atoms with Gasteiger partial charge in [-0.3, -0.25) is 4.90 Å². The van der Waals surface area contributed by atoms with Crippen LogP contribution in [-0.2, 0) is 6.54 Å². The van der Waals surface area contributed by atoms with Crippen LogP contribution in [0.1, 0.15) is 60.6 Å². The van der Waals surface area contributed by atoms with Gasteiger partial charge in [0.1, 0.15) is 0 Å². The van der Waals surface area contributed by atoms with Crippen molar-refractivity contribution in [2.45, 2.75) is 51.0 Å². The van der Waals surface area contributed by atoms with Crippen molar-refractivity contribution in [3.63, 3.8) is 0 Å². The molecule has 0 spiro atoms. The molecule has 1 N–H and O–H groups in total. The fourth-order valence-corrected chi connectivity index (χ4v) is 4.22. The molecule has 3 heterocycles. The third-order valence-electron chi connectivity index (χ3n) is 5.71. The zero-order valence-electron chi connectivity index (χ0n) is 14.7. The van der Waals surface area contributed by atoms with Gasteiger partial charge in [-0.2, -0.15) is 0 Å². The fourth-order valence-electron chi connectivity index (χ4n) is 4.22. The molecule has 1 aromatic carbocycles. The van der Waals surface area contributed by atoms with Crippen LogP contribution < -0.4 is 0 Å². The molecule has 1 aliphatic carbocycles. The molecule has 2 aromatic heterocycles. The number of hydrogen-bond acceptors (Lipinski definition) is 4. The van der Waals surface area contributed by atoms with E-state index in [1.54, 1.807) is 0 Å². The van der Waals surface area contributed by atoms with Crippen LogP contribution >= 0.6 is 0 Å². The Bertz CT molecular complexity index is 884. The third-order valence-corrected chi connectivity index (χ3v) is 5.71. The van der Waals surface area contributed by atoms with E-state index in [-0.39, 0.29) is 0 Å². The summed E-state index contributed by atoms with van der Waals surface area (Å²) in [6, 6.07) is 8.67. The zero-order valence-corrected chi connectivity index (χ0v) is 14.7. The second kappa shape index (κ2) is 5.99. The molecule has 0 amide bonds. The summed E-state index contributed by atoms with van der Waals surface area (Å²) < 4.78 is 5.82. The Kier molecular flexibility index (Phi) is 3.63. The van der Waals surface area contributed by atoms with Gasteiger partial charge in [0.2, 0.25) is 11.8 Å². The summed E-state index contributed by atoms with van der Waals surface area (Å²) in [6.07, 6.45) is 4.78. The number of nitrogens with zero attached hydrogens (tertiary/aromatic N) is 3. The molecule has 5 heteroatoms. The highest BCUT2D eigenvalue weighted by Gasteiger charge is 2.30. The Hall–Kier alpha value is -2.14. The summed E-state index contributed by atoms with van der Waals surface area (Å²) in [6.45, 7) is 5.17. The second-order valence-corrected chi connectivity index (χ2v) is 7.57. The molecule has 130 valence electrons. The van der Waals surface area contributed by atoms with Crippen molar-refractivity contribution in [3.8, 4) is 0 Å². The van der Waals surface area contributed by atoms with Crippen LogP contribution in [-0.4, -0.2) is 33.2 Å². The van der Waals surface area contributed by atoms with Gasteiger partial charge < -0.3 is 9.40 Å². The van der Waals surface area contributed by atoms with Crippen LogP contribution in [0.15, 0.2) is 28.7 Å². The lowest BCUT2D eigenvalue weighted by atomic mass is 9.87. The number of nitrogens with one attached hydrogen (secondary N) is 1. The number of aromatic nitrogens is 3. The first-order chi connectivity index (χ1) is 12.3. The SMILES string of the molecule is Cc1[nH]c2ccccc2c1C1CCN(Cc2nnc(C3CC3)o2)CC1. The number of H-pyrrole nitrogens is 1. The van der Waals surface area contributed by atoms with Gasteiger partial charge in [-0.05, 0) is 63.2 Å². The van der Waals surface area contributed by atoms with E-state index in [0.717, 1.165) is 31.4 Å². The first-order valence-electron chi connectivity index (χ1n) is 9.40. The summed E-state index contributed by atoms with van der Waals surface area (Å²) in [5.41, 5.74) is 4.10. The average molecular weight is 336 g/mol. The number of fused-ring (bicyclic) bond motifs is 1. The van der Waals surface area contributed by atoms with Crippen molar-refractivity contribution < 1.29 is 4.42 Å². The fraction of sp³-hybridized carbons (Fsp3) is 0.500. The Labute approximate surface area is 147 Å². The second-order valence-electron chi connectivity index (χ2n) is 7.57. The van der Waals surface area contributed by atoms with E-state index in [0.29, 0.717) is 11.8 Å². The number of rotatable bonds is 4. The van der Waals surface area contributed by atoms with Gasteiger partial charge in [-0.1, -0.05) is 18.2 Å². The van der Waals surface area contributed by atoms with Crippen molar-refractivity contribution >= 4 is 10.9 Å². The van der Waals surface area contributed by atoms with Crippen LogP contribution in [0.3, 0.4) is 0 Å². The van der Waals surface area contributed by atoms with Crippen LogP contribution in [0, 0.1) is 6.92 Å². The largest absolute Gasteiger partial charge is 0.424 e. The molecule has 0 radical (unpaired) electrons. The summed E-state index contributed by atoms with van der Waals surface area (Å²) >= 11 is 0. The highest BCUT2D eigenvalue weighted by Crippen LogP contribution is 2.39. The van der Waals surface area contributed by atoms with Gasteiger partial charge in [0.25, 0.3) is 0 Å². The molecular formula is C20H24N4O. The first-order valence-corrected chi connectivity index (χ1v) is 9.40. The quantitative estimate of drug-likeness (QED) is 0.779. The number of aromatic amines is 1. The first kappa shape index (κ1) is 15.1. The van der Waals surface area contributed by atoms with Crippen LogP contribution in [0.4, 0.5) is 0 Å². The highest BCUT2D eigenvalue weighted by molar-refractivity contribution is 5.85. The monoisotopic (exact) mass is 336 g/mol. The van der Waals surface area contributed by atoms with E-state index in [2.05, 4.69) is 51.3 Å². The van der Waals surface area contributed by atoms with Gasteiger partial charge in [-0.25, -0.2) is 0 Å². The van der Waals surface area contributed by atoms with Crippen molar-refractivity contribution in [1.82, 2.24) is 20.1 Å². The maximum Gasteiger partial charge on any atom is 0.230 e. The number of likely N-dealkylation sites (tertiary alicyclic amines) is 1. The van der Waals surface area contributed by atoms with Gasteiger partial charge in [-0.15, -0.1) is 10.2 Å². The number of aryl methyl sites for hydroxylation is 1. The third kappa shape index (κ3) is 2.86. The van der Waals surface area contributed by atoms with Crippen molar-refractivity contribution in [1.29, 1.82) is 0 Å². The summed E-state index contributed by atoms with van der Waals surface area (Å²) in [5.74, 6) is 2.80. The lowest BCUT2D eigenvalue weighted by molar-refractivity contribution is 0.186. The number of para-hydroxylation sites is 1. The molecule has 3 aromatic rings. The van der Waals surface area contributed by atoms with Crippen LogP contribution in [0.25, 0.3) is 10.9 Å². The molecule has 1 saturated carbocycles. The lowest BCUT2D eigenvalue weighted by Gasteiger charge is -2.31. The number of hydrogen-bond donors (Lipinski definition) is 1. The molecule has 0 atom stereocenters. The van der Waals surface area contributed by atoms with Gasteiger partial charge in [0.05, 0.1) is 6.54 Å². The Morgan fingerprint density at radius 2 is 1.88 bits per heavy atom. The molecule has 2 fully saturated rings. The van der Waals surface area contributed by atoms with Gasteiger partial charge in [0, 0.05) is 22.5 Å². The topological polar surface area (TPSA) is 58.0 Å². The summed E-state index contributed by atoms with van der Waals surface area (Å²) in [5, 5.41) is 9.82. The van der Waals surface area contributed by atoms with E-state index in [4.69, 9.17) is 4.42 Å². The molecular weight excluding hydrogens is 312 g/mol. The molecule has 25 heavy (non-hydrogen) atoms. The van der Waals surface area contributed by atoms with Gasteiger partial charge >= 0.3 is 0 Å². The zero-order chi connectivity index (χ0) is 16.8. The molecule has 5 rings (SSSR count). The Balaban J connectivity index is 1.26. The predicted octanol–water partition coefficient (Wildman–Crippen LogP) is 4.12. The van der Waals surface area contributed by atoms with Crippen molar-refractivity contribution in [2.75, 3.05) is 13.1 Å². The minimum absolute atomic E-state index is 0.539. The Morgan fingerprint density at radius 1 is 1.08 bits per heavy atom. The number of piperidine rings is 1. The minimum atomic E-state index is 0.539. The molecule has 2 aliphatic rings. The lowest BCUT2D eigenvalue weighted by Crippen LogP contribution is -2.32. The van der Waals surface area contributed by atoms with E-state index >= 15 is 0 Å². The number of benzene rings is 1. The molecule has 5 nitrogen and oxygen atoms in total. The standard InChI is InChI=1S/C20H24N4O/c1-13-19(16-4-2-3-5-17(16)21-13)14-8-10-24(11-9-14)12-18-22-23-20(25-18)15-6-7-15/h2-5,14-15,21H,6-12H2,1H3. The molecule has 1 saturated heterocycles. The molecule has 0 bridgehead atoms. The Morgan fingerprint density at radius 3 is 2.68 bits per heavy atom. The molecule has 1 aliphatic heterocycles. The maximum atomic E-state index is 5.82.